The van der Waals surface area contributed by atoms with Crippen LogP contribution in [0.1, 0.15) is 41.5 Å². The van der Waals surface area contributed by atoms with Gasteiger partial charge in [0.15, 0.2) is 0 Å². The van der Waals surface area contributed by atoms with Crippen LogP contribution in [0, 0.1) is 11.8 Å². The molecule has 0 atom stereocenters. The standard InChI is InChI=1S/C16H26/c1-9-10-15(12(4)5)16(13(6)7)14(8)11(2)3/h9-12H,6,8H2,1-5,7H3/b10-9-,16-15-. The van der Waals surface area contributed by atoms with Gasteiger partial charge in [0, 0.05) is 0 Å². The SMILES string of the molecule is C=C(C)/C(C(=C)C(C)C)=C(\C=C/C)C(C)C. The highest BCUT2D eigenvalue weighted by molar-refractivity contribution is 5.51. The molecule has 0 aromatic carbocycles. The zero-order chi connectivity index (χ0) is 12.9. The summed E-state index contributed by atoms with van der Waals surface area (Å²) in [7, 11) is 0. The number of hydrogen-bond acceptors (Lipinski definition) is 0. The van der Waals surface area contributed by atoms with Crippen LogP contribution in [0.15, 0.2) is 47.6 Å². The normalized spacial score (nSPS) is 13.5. The fourth-order valence-corrected chi connectivity index (χ4v) is 1.74. The van der Waals surface area contributed by atoms with Gasteiger partial charge in [-0.25, -0.2) is 0 Å². The molecule has 0 saturated heterocycles. The van der Waals surface area contributed by atoms with Gasteiger partial charge in [-0.1, -0.05) is 58.6 Å². The molecule has 90 valence electrons. The highest BCUT2D eigenvalue weighted by atomic mass is 14.2. The zero-order valence-corrected chi connectivity index (χ0v) is 11.7. The van der Waals surface area contributed by atoms with Crippen molar-refractivity contribution >= 4 is 0 Å². The van der Waals surface area contributed by atoms with Gasteiger partial charge >= 0.3 is 0 Å². The smallest absolute Gasteiger partial charge is 0.0170 e. The Morgan fingerprint density at radius 2 is 1.50 bits per heavy atom. The Morgan fingerprint density at radius 1 is 1.00 bits per heavy atom. The molecule has 0 aliphatic heterocycles. The van der Waals surface area contributed by atoms with Crippen LogP contribution in [0.2, 0.25) is 0 Å². The highest BCUT2D eigenvalue weighted by Crippen LogP contribution is 2.30. The average Bonchev–Trinajstić information content (AvgIpc) is 2.15. The molecule has 0 aromatic rings. The van der Waals surface area contributed by atoms with Crippen LogP contribution in [-0.2, 0) is 0 Å². The van der Waals surface area contributed by atoms with Gasteiger partial charge in [-0.3, -0.25) is 0 Å². The summed E-state index contributed by atoms with van der Waals surface area (Å²) < 4.78 is 0. The second-order valence-corrected chi connectivity index (χ2v) is 4.95. The van der Waals surface area contributed by atoms with E-state index in [1.807, 2.05) is 0 Å². The van der Waals surface area contributed by atoms with Crippen LogP contribution in [0.5, 0.6) is 0 Å². The Balaban J connectivity index is 5.68. The summed E-state index contributed by atoms with van der Waals surface area (Å²) in [5.41, 5.74) is 4.90. The van der Waals surface area contributed by atoms with E-state index in [0.717, 1.165) is 5.57 Å². The van der Waals surface area contributed by atoms with Crippen molar-refractivity contribution in [3.05, 3.63) is 47.6 Å². The van der Waals surface area contributed by atoms with Crippen molar-refractivity contribution in [1.82, 2.24) is 0 Å². The molecule has 0 fully saturated rings. The topological polar surface area (TPSA) is 0 Å². The Labute approximate surface area is 101 Å². The molecular formula is C16H26. The Morgan fingerprint density at radius 3 is 1.75 bits per heavy atom. The second-order valence-electron chi connectivity index (χ2n) is 4.95. The third-order valence-corrected chi connectivity index (χ3v) is 2.70. The van der Waals surface area contributed by atoms with Crippen LogP contribution in [0.25, 0.3) is 0 Å². The minimum atomic E-state index is 0.464. The van der Waals surface area contributed by atoms with Crippen molar-refractivity contribution in [2.75, 3.05) is 0 Å². The van der Waals surface area contributed by atoms with E-state index in [9.17, 15) is 0 Å². The van der Waals surface area contributed by atoms with Crippen molar-refractivity contribution in [1.29, 1.82) is 0 Å². The average molecular weight is 218 g/mol. The van der Waals surface area contributed by atoms with Crippen LogP contribution in [-0.4, -0.2) is 0 Å². The third kappa shape index (κ3) is 3.84. The van der Waals surface area contributed by atoms with E-state index in [2.05, 4.69) is 66.9 Å². The van der Waals surface area contributed by atoms with Crippen LogP contribution in [0.4, 0.5) is 0 Å². The van der Waals surface area contributed by atoms with E-state index in [0.29, 0.717) is 11.8 Å². The van der Waals surface area contributed by atoms with Crippen molar-refractivity contribution in [2.24, 2.45) is 11.8 Å². The lowest BCUT2D eigenvalue weighted by molar-refractivity contribution is 0.749. The number of allylic oxidation sites excluding steroid dienone is 6. The molecule has 0 spiro atoms. The first kappa shape index (κ1) is 15.0. The summed E-state index contributed by atoms with van der Waals surface area (Å²) in [6, 6.07) is 0. The predicted molar refractivity (Wildman–Crippen MR) is 75.5 cm³/mol. The molecule has 0 bridgehead atoms. The summed E-state index contributed by atoms with van der Waals surface area (Å²) in [5.74, 6) is 0.962. The third-order valence-electron chi connectivity index (χ3n) is 2.70. The van der Waals surface area contributed by atoms with Crippen molar-refractivity contribution in [3.8, 4) is 0 Å². The lowest BCUT2D eigenvalue weighted by Crippen LogP contribution is -2.05. The molecule has 0 nitrogen and oxygen atoms in total. The molecule has 0 rings (SSSR count). The Kier molecular flexibility index (Phi) is 6.10. The summed E-state index contributed by atoms with van der Waals surface area (Å²) in [5, 5.41) is 0. The van der Waals surface area contributed by atoms with Crippen molar-refractivity contribution < 1.29 is 0 Å². The maximum Gasteiger partial charge on any atom is -0.0170 e. The van der Waals surface area contributed by atoms with E-state index in [4.69, 9.17) is 0 Å². The maximum absolute atomic E-state index is 4.21. The second kappa shape index (κ2) is 6.52. The summed E-state index contributed by atoms with van der Waals surface area (Å²) >= 11 is 0. The first-order valence-corrected chi connectivity index (χ1v) is 6.04. The molecule has 0 radical (unpaired) electrons. The first-order chi connectivity index (χ1) is 7.32. The van der Waals surface area contributed by atoms with Gasteiger partial charge < -0.3 is 0 Å². The number of rotatable bonds is 5. The monoisotopic (exact) mass is 218 g/mol. The van der Waals surface area contributed by atoms with Crippen LogP contribution >= 0.6 is 0 Å². The lowest BCUT2D eigenvalue weighted by Gasteiger charge is -2.20. The summed E-state index contributed by atoms with van der Waals surface area (Å²) in [6.07, 6.45) is 4.27. The first-order valence-electron chi connectivity index (χ1n) is 6.04. The molecule has 0 heterocycles. The van der Waals surface area contributed by atoms with Crippen molar-refractivity contribution in [2.45, 2.75) is 41.5 Å². The van der Waals surface area contributed by atoms with Gasteiger partial charge in [0.05, 0.1) is 0 Å². The molecule has 0 unspecified atom stereocenters. The van der Waals surface area contributed by atoms with Gasteiger partial charge in [0.1, 0.15) is 0 Å². The molecule has 0 aliphatic rings. The van der Waals surface area contributed by atoms with Gasteiger partial charge in [-0.05, 0) is 42.4 Å². The molecular weight excluding hydrogens is 192 g/mol. The minimum Gasteiger partial charge on any atom is -0.0955 e. The molecule has 16 heavy (non-hydrogen) atoms. The summed E-state index contributed by atoms with van der Waals surface area (Å²) in [4.78, 5) is 0. The summed E-state index contributed by atoms with van der Waals surface area (Å²) in [6.45, 7) is 21.2. The largest absolute Gasteiger partial charge is 0.0955 e. The zero-order valence-electron chi connectivity index (χ0n) is 11.7. The molecule has 0 amide bonds. The van der Waals surface area contributed by atoms with Crippen LogP contribution < -0.4 is 0 Å². The van der Waals surface area contributed by atoms with Crippen LogP contribution in [0.3, 0.4) is 0 Å². The van der Waals surface area contributed by atoms with E-state index < -0.39 is 0 Å². The van der Waals surface area contributed by atoms with Gasteiger partial charge in [-0.2, -0.15) is 0 Å². The maximum atomic E-state index is 4.21. The Hall–Kier alpha value is -1.04. The quantitative estimate of drug-likeness (QED) is 0.549. The fraction of sp³-hybridized carbons (Fsp3) is 0.500. The van der Waals surface area contributed by atoms with E-state index >= 15 is 0 Å². The molecule has 0 heteroatoms. The Bertz CT molecular complexity index is 322. The van der Waals surface area contributed by atoms with Gasteiger partial charge in [0.2, 0.25) is 0 Å². The molecule has 0 aromatic heterocycles. The lowest BCUT2D eigenvalue weighted by atomic mass is 9.85. The van der Waals surface area contributed by atoms with E-state index in [1.54, 1.807) is 0 Å². The molecule has 0 N–H and O–H groups in total. The minimum absolute atomic E-state index is 0.464. The fourth-order valence-electron chi connectivity index (χ4n) is 1.74. The number of hydrogen-bond donors (Lipinski definition) is 0. The van der Waals surface area contributed by atoms with Crippen molar-refractivity contribution in [3.63, 3.8) is 0 Å². The molecule has 0 saturated carbocycles. The van der Waals surface area contributed by atoms with E-state index in [1.165, 1.54) is 16.7 Å². The predicted octanol–water partition coefficient (Wildman–Crippen LogP) is 5.30. The van der Waals surface area contributed by atoms with Gasteiger partial charge in [0.25, 0.3) is 0 Å². The van der Waals surface area contributed by atoms with E-state index in [-0.39, 0.29) is 0 Å². The molecule has 0 aliphatic carbocycles. The van der Waals surface area contributed by atoms with Gasteiger partial charge in [-0.15, -0.1) is 0 Å². The highest BCUT2D eigenvalue weighted by Gasteiger charge is 2.14.